The van der Waals surface area contributed by atoms with E-state index in [1.165, 1.54) is 7.11 Å². The summed E-state index contributed by atoms with van der Waals surface area (Å²) in [5, 5.41) is 5.41. The number of nitrogens with zero attached hydrogens (tertiary/aromatic N) is 1. The highest BCUT2D eigenvalue weighted by Gasteiger charge is 2.53. The number of carbonyl (C=O) groups is 4. The Morgan fingerprint density at radius 3 is 2.10 bits per heavy atom. The Labute approximate surface area is 174 Å². The lowest BCUT2D eigenvalue weighted by Gasteiger charge is -2.28. The minimum atomic E-state index is -1.40. The van der Waals surface area contributed by atoms with Crippen LogP contribution in [0.2, 0.25) is 0 Å². The normalized spacial score (nSPS) is 14.9. The smallest absolute Gasteiger partial charge is 0.326 e. The van der Waals surface area contributed by atoms with Crippen molar-refractivity contribution in [3.63, 3.8) is 0 Å². The molecule has 2 aromatic rings. The van der Waals surface area contributed by atoms with Gasteiger partial charge >= 0.3 is 12.0 Å². The first-order valence-corrected chi connectivity index (χ1v) is 9.57. The topological polar surface area (TPSA) is 105 Å². The Kier molecular flexibility index (Phi) is 6.46. The lowest BCUT2D eigenvalue weighted by molar-refractivity contribution is -0.140. The molecule has 0 bridgehead atoms. The van der Waals surface area contributed by atoms with E-state index >= 15 is 0 Å². The summed E-state index contributed by atoms with van der Waals surface area (Å²) in [6, 6.07) is 17.2. The molecule has 2 N–H and O–H groups in total. The van der Waals surface area contributed by atoms with Crippen molar-refractivity contribution in [2.45, 2.75) is 18.4 Å². The van der Waals surface area contributed by atoms with Crippen LogP contribution in [-0.4, -0.2) is 48.9 Å². The average Bonchev–Trinajstić information content (AvgIpc) is 3.03. The van der Waals surface area contributed by atoms with Crippen molar-refractivity contribution < 1.29 is 23.9 Å². The number of nitrogens with one attached hydrogen (secondary N) is 2. The third-order valence-electron chi connectivity index (χ3n) is 4.93. The first-order chi connectivity index (χ1) is 14.5. The molecule has 3 rings (SSSR count). The molecule has 1 aliphatic heterocycles. The van der Waals surface area contributed by atoms with Crippen LogP contribution >= 0.6 is 0 Å². The Hall–Kier alpha value is -3.68. The summed E-state index contributed by atoms with van der Waals surface area (Å²) in [6.07, 6.45) is 0.571. The third kappa shape index (κ3) is 4.17. The number of hydrogen-bond acceptors (Lipinski definition) is 5. The Morgan fingerprint density at radius 2 is 1.57 bits per heavy atom. The van der Waals surface area contributed by atoms with Crippen LogP contribution in [0.4, 0.5) is 4.79 Å². The number of urea groups is 1. The number of ether oxygens (including phenoxy) is 1. The maximum Gasteiger partial charge on any atom is 0.326 e. The summed E-state index contributed by atoms with van der Waals surface area (Å²) in [7, 11) is 1.30. The molecule has 0 aliphatic carbocycles. The van der Waals surface area contributed by atoms with E-state index in [-0.39, 0.29) is 18.9 Å². The summed E-state index contributed by atoms with van der Waals surface area (Å²) >= 11 is 0. The highest BCUT2D eigenvalue weighted by Crippen LogP contribution is 2.35. The van der Waals surface area contributed by atoms with Crippen molar-refractivity contribution in [2.24, 2.45) is 0 Å². The van der Waals surface area contributed by atoms with Crippen molar-refractivity contribution >= 4 is 23.8 Å². The molecular weight excluding hydrogens is 386 g/mol. The minimum Gasteiger partial charge on any atom is -0.469 e. The van der Waals surface area contributed by atoms with Crippen LogP contribution in [0.5, 0.6) is 0 Å². The second-order valence-electron chi connectivity index (χ2n) is 6.83. The molecule has 1 saturated heterocycles. The van der Waals surface area contributed by atoms with Crippen molar-refractivity contribution in [3.8, 4) is 0 Å². The van der Waals surface area contributed by atoms with E-state index in [1.54, 1.807) is 48.5 Å². The van der Waals surface area contributed by atoms with Gasteiger partial charge in [-0.05, 0) is 17.5 Å². The van der Waals surface area contributed by atoms with E-state index in [0.717, 1.165) is 4.90 Å². The maximum atomic E-state index is 13.4. The predicted octanol–water partition coefficient (Wildman–Crippen LogP) is 1.55. The number of methoxy groups -OCH3 is 1. The van der Waals surface area contributed by atoms with Crippen molar-refractivity contribution in [1.82, 2.24) is 15.5 Å². The zero-order valence-corrected chi connectivity index (χ0v) is 16.6. The molecule has 0 aromatic heterocycles. The second-order valence-corrected chi connectivity index (χ2v) is 6.83. The number of benzene rings is 2. The van der Waals surface area contributed by atoms with Gasteiger partial charge in [-0.1, -0.05) is 60.7 Å². The van der Waals surface area contributed by atoms with Gasteiger partial charge < -0.3 is 15.4 Å². The number of carbonyl (C=O) groups excluding carboxylic acids is 4. The zero-order chi connectivity index (χ0) is 21.6. The highest BCUT2D eigenvalue weighted by atomic mass is 16.5. The minimum absolute atomic E-state index is 0.172. The number of rotatable bonds is 8. The van der Waals surface area contributed by atoms with Crippen molar-refractivity contribution in [1.29, 1.82) is 0 Å². The van der Waals surface area contributed by atoms with Gasteiger partial charge in [-0.3, -0.25) is 19.3 Å². The van der Waals surface area contributed by atoms with Crippen LogP contribution < -0.4 is 10.6 Å². The van der Waals surface area contributed by atoms with E-state index in [2.05, 4.69) is 15.4 Å². The Bertz CT molecular complexity index is 891. The van der Waals surface area contributed by atoms with Crippen molar-refractivity contribution in [3.05, 3.63) is 71.8 Å². The molecule has 1 fully saturated rings. The average molecular weight is 409 g/mol. The molecule has 0 unspecified atom stereocenters. The molecule has 0 atom stereocenters. The van der Waals surface area contributed by atoms with Gasteiger partial charge in [0.25, 0.3) is 5.91 Å². The number of hydrogen-bond donors (Lipinski definition) is 2. The van der Waals surface area contributed by atoms with Crippen LogP contribution in [0, 0.1) is 0 Å². The van der Waals surface area contributed by atoms with Crippen LogP contribution in [0.3, 0.4) is 0 Å². The Balaban J connectivity index is 1.77. The first-order valence-electron chi connectivity index (χ1n) is 9.57. The number of imide groups is 1. The fraction of sp³-hybridized carbons (Fsp3) is 0.273. The molecular formula is C22H23N3O5. The summed E-state index contributed by atoms with van der Waals surface area (Å²) in [5.74, 6) is -1.37. The van der Waals surface area contributed by atoms with Crippen LogP contribution in [-0.2, 0) is 24.7 Å². The van der Waals surface area contributed by atoms with Gasteiger partial charge in [-0.25, -0.2) is 4.79 Å². The molecule has 1 aliphatic rings. The summed E-state index contributed by atoms with van der Waals surface area (Å²) in [6.45, 7) is -0.176. The molecule has 156 valence electrons. The molecule has 1 heterocycles. The second kappa shape index (κ2) is 9.21. The molecule has 0 saturated carbocycles. The monoisotopic (exact) mass is 409 g/mol. The van der Waals surface area contributed by atoms with Gasteiger partial charge in [0.05, 0.1) is 7.11 Å². The summed E-state index contributed by atoms with van der Waals surface area (Å²) < 4.78 is 4.54. The van der Waals surface area contributed by atoms with E-state index in [1.807, 2.05) is 12.1 Å². The predicted molar refractivity (Wildman–Crippen MR) is 108 cm³/mol. The molecule has 8 heteroatoms. The van der Waals surface area contributed by atoms with Gasteiger partial charge in [0.1, 0.15) is 6.54 Å². The fourth-order valence-electron chi connectivity index (χ4n) is 3.42. The molecule has 8 nitrogen and oxygen atoms in total. The molecule has 0 spiro atoms. The standard InChI is InChI=1S/C22H23N3O5/c1-30-19(27)13-8-14-23-18(26)15-25-20(28)22(24-21(25)29,16-9-4-2-5-10-16)17-11-6-3-7-12-17/h2-7,9-12H,8,13-15H2,1H3,(H,23,26)(H,24,29). The van der Waals surface area contributed by atoms with E-state index < -0.39 is 29.9 Å². The van der Waals surface area contributed by atoms with E-state index in [9.17, 15) is 19.2 Å². The Morgan fingerprint density at radius 1 is 1.00 bits per heavy atom. The summed E-state index contributed by atoms with van der Waals surface area (Å²) in [5.41, 5.74) is -0.184. The molecule has 4 amide bonds. The van der Waals surface area contributed by atoms with Gasteiger partial charge in [0.15, 0.2) is 5.54 Å². The van der Waals surface area contributed by atoms with Crippen molar-refractivity contribution in [2.75, 3.05) is 20.2 Å². The SMILES string of the molecule is COC(=O)CCCNC(=O)CN1C(=O)NC(c2ccccc2)(c2ccccc2)C1=O. The van der Waals surface area contributed by atoms with Gasteiger partial charge in [0, 0.05) is 13.0 Å². The molecule has 2 aromatic carbocycles. The lowest BCUT2D eigenvalue weighted by Crippen LogP contribution is -2.46. The van der Waals surface area contributed by atoms with Gasteiger partial charge in [-0.2, -0.15) is 0 Å². The van der Waals surface area contributed by atoms with Crippen LogP contribution in [0.25, 0.3) is 0 Å². The maximum absolute atomic E-state index is 13.4. The van der Waals surface area contributed by atoms with Crippen LogP contribution in [0.1, 0.15) is 24.0 Å². The molecule has 0 radical (unpaired) electrons. The summed E-state index contributed by atoms with van der Waals surface area (Å²) in [4.78, 5) is 50.4. The van der Waals surface area contributed by atoms with Gasteiger partial charge in [-0.15, -0.1) is 0 Å². The highest BCUT2D eigenvalue weighted by molar-refractivity contribution is 6.11. The van der Waals surface area contributed by atoms with Crippen LogP contribution in [0.15, 0.2) is 60.7 Å². The molecule has 30 heavy (non-hydrogen) atoms. The lowest BCUT2D eigenvalue weighted by atomic mass is 9.82. The fourth-order valence-corrected chi connectivity index (χ4v) is 3.42. The van der Waals surface area contributed by atoms with Gasteiger partial charge in [0.2, 0.25) is 5.91 Å². The quantitative estimate of drug-likeness (QED) is 0.391. The first kappa shape index (κ1) is 21.0. The number of esters is 1. The zero-order valence-electron chi connectivity index (χ0n) is 16.6. The number of amides is 4. The van der Waals surface area contributed by atoms with E-state index in [4.69, 9.17) is 0 Å². The third-order valence-corrected chi connectivity index (χ3v) is 4.93. The van der Waals surface area contributed by atoms with E-state index in [0.29, 0.717) is 17.5 Å². The largest absolute Gasteiger partial charge is 0.469 e.